The largest absolute Gasteiger partial charge is 0.496 e. The summed E-state index contributed by atoms with van der Waals surface area (Å²) in [4.78, 5) is 26.0. The number of thiophene rings is 1. The van der Waals surface area contributed by atoms with E-state index in [2.05, 4.69) is 5.32 Å². The minimum atomic E-state index is -0.705. The van der Waals surface area contributed by atoms with Gasteiger partial charge >= 0.3 is 12.1 Å². The van der Waals surface area contributed by atoms with Crippen molar-refractivity contribution >= 4 is 52.3 Å². The molecule has 1 saturated carbocycles. The first-order valence-corrected chi connectivity index (χ1v) is 14.9. The van der Waals surface area contributed by atoms with Gasteiger partial charge in [0.2, 0.25) is 0 Å². The molecule has 0 bridgehead atoms. The van der Waals surface area contributed by atoms with E-state index in [1.807, 2.05) is 49.4 Å². The van der Waals surface area contributed by atoms with Gasteiger partial charge in [0, 0.05) is 11.1 Å². The Bertz CT molecular complexity index is 1630. The van der Waals surface area contributed by atoms with Crippen LogP contribution in [0.15, 0.2) is 66.7 Å². The van der Waals surface area contributed by atoms with Crippen molar-refractivity contribution in [1.82, 2.24) is 0 Å². The molecule has 1 aliphatic carbocycles. The Balaban J connectivity index is 1.33. The predicted molar refractivity (Wildman–Crippen MR) is 164 cm³/mol. The molecule has 1 atom stereocenters. The number of hydrogen-bond acceptors (Lipinski definition) is 6. The standard InChI is InChI=1S/C32H28Cl2FNO5S/c1-4-40-30(37)32(13-14-32)21-9-11-24(27(15-21)39-3)19-5-7-20(8-6-19)29-26(17-28(34)42-29)36-31(38)41-18(2)23-12-10-22(35)16-25(23)33/h5-12,15-18H,4,13-14H2,1-3H3,(H,36,38)/t18-/m1/s1. The Kier molecular flexibility index (Phi) is 8.78. The zero-order valence-electron chi connectivity index (χ0n) is 23.1. The SMILES string of the molecule is CCOC(=O)C1(c2ccc(-c3ccc(-c4sc(Cl)cc4NC(=O)O[C@H](C)c4ccc(F)cc4Cl)cc3)c(OC)c2)CC1. The first kappa shape index (κ1) is 29.9. The molecule has 0 saturated heterocycles. The summed E-state index contributed by atoms with van der Waals surface area (Å²) >= 11 is 13.8. The number of ether oxygens (including phenoxy) is 3. The number of esters is 1. The van der Waals surface area contributed by atoms with Crippen molar-refractivity contribution in [2.24, 2.45) is 0 Å². The summed E-state index contributed by atoms with van der Waals surface area (Å²) in [6.45, 7) is 3.81. The minimum absolute atomic E-state index is 0.173. The summed E-state index contributed by atoms with van der Waals surface area (Å²) in [7, 11) is 1.61. The van der Waals surface area contributed by atoms with Crippen LogP contribution in [0.1, 0.15) is 43.9 Å². The van der Waals surface area contributed by atoms with Crippen LogP contribution in [0.2, 0.25) is 9.36 Å². The van der Waals surface area contributed by atoms with Crippen molar-refractivity contribution in [2.45, 2.75) is 38.2 Å². The van der Waals surface area contributed by atoms with Gasteiger partial charge in [-0.25, -0.2) is 9.18 Å². The number of rotatable bonds is 9. The van der Waals surface area contributed by atoms with Gasteiger partial charge in [-0.05, 0) is 67.6 Å². The summed E-state index contributed by atoms with van der Waals surface area (Å²) < 4.78 is 30.4. The van der Waals surface area contributed by atoms with Crippen molar-refractivity contribution in [3.05, 3.63) is 93.0 Å². The second-order valence-corrected chi connectivity index (χ2v) is 12.0. The first-order valence-electron chi connectivity index (χ1n) is 13.3. The van der Waals surface area contributed by atoms with Crippen LogP contribution in [0.5, 0.6) is 5.75 Å². The highest BCUT2D eigenvalue weighted by molar-refractivity contribution is 7.20. The average Bonchev–Trinajstić information content (AvgIpc) is 3.70. The van der Waals surface area contributed by atoms with Gasteiger partial charge in [0.05, 0.1) is 39.1 Å². The molecule has 5 rings (SSSR count). The fourth-order valence-electron chi connectivity index (χ4n) is 4.90. The van der Waals surface area contributed by atoms with Crippen LogP contribution in [-0.2, 0) is 19.7 Å². The number of nitrogens with one attached hydrogen (secondary N) is 1. The summed E-state index contributed by atoms with van der Waals surface area (Å²) in [6, 6.07) is 19.2. The van der Waals surface area contributed by atoms with E-state index in [9.17, 15) is 14.0 Å². The Morgan fingerprint density at radius 2 is 1.74 bits per heavy atom. The topological polar surface area (TPSA) is 73.9 Å². The molecule has 1 N–H and O–H groups in total. The Morgan fingerprint density at radius 1 is 1.02 bits per heavy atom. The molecule has 1 fully saturated rings. The van der Waals surface area contributed by atoms with E-state index >= 15 is 0 Å². The number of hydrogen-bond donors (Lipinski definition) is 1. The van der Waals surface area contributed by atoms with Crippen molar-refractivity contribution in [3.63, 3.8) is 0 Å². The second-order valence-electron chi connectivity index (χ2n) is 9.93. The molecule has 42 heavy (non-hydrogen) atoms. The Morgan fingerprint density at radius 3 is 2.38 bits per heavy atom. The maximum absolute atomic E-state index is 13.4. The van der Waals surface area contributed by atoms with E-state index in [0.29, 0.717) is 27.9 Å². The summed E-state index contributed by atoms with van der Waals surface area (Å²) in [5.74, 6) is -0.00340. The number of anilines is 1. The van der Waals surface area contributed by atoms with Crippen molar-refractivity contribution < 1.29 is 28.2 Å². The summed E-state index contributed by atoms with van der Waals surface area (Å²) in [5.41, 5.74) is 3.94. The van der Waals surface area contributed by atoms with Gasteiger partial charge in [0.25, 0.3) is 0 Å². The van der Waals surface area contributed by atoms with E-state index in [1.54, 1.807) is 20.1 Å². The molecule has 1 aromatic heterocycles. The van der Waals surface area contributed by atoms with Crippen LogP contribution in [0.25, 0.3) is 21.6 Å². The third kappa shape index (κ3) is 6.11. The lowest BCUT2D eigenvalue weighted by molar-refractivity contribution is -0.146. The van der Waals surface area contributed by atoms with Crippen LogP contribution >= 0.6 is 34.5 Å². The molecule has 1 aliphatic rings. The van der Waals surface area contributed by atoms with Crippen LogP contribution < -0.4 is 10.1 Å². The lowest BCUT2D eigenvalue weighted by Gasteiger charge is -2.17. The van der Waals surface area contributed by atoms with Crippen molar-refractivity contribution in [3.8, 4) is 27.3 Å². The number of carbonyl (C=O) groups is 2. The summed E-state index contributed by atoms with van der Waals surface area (Å²) in [6.07, 6.45) is 0.115. The molecular weight excluding hydrogens is 600 g/mol. The van der Waals surface area contributed by atoms with Gasteiger partial charge in [-0.15, -0.1) is 11.3 Å². The lowest BCUT2D eigenvalue weighted by Crippen LogP contribution is -2.23. The average molecular weight is 629 g/mol. The van der Waals surface area contributed by atoms with Gasteiger partial charge in [-0.3, -0.25) is 10.1 Å². The number of methoxy groups -OCH3 is 1. The first-order chi connectivity index (χ1) is 20.1. The second kappa shape index (κ2) is 12.3. The van der Waals surface area contributed by atoms with Gasteiger partial charge < -0.3 is 14.2 Å². The molecule has 218 valence electrons. The van der Waals surface area contributed by atoms with E-state index < -0.39 is 23.4 Å². The van der Waals surface area contributed by atoms with Crippen LogP contribution in [-0.4, -0.2) is 25.8 Å². The molecule has 4 aromatic rings. The third-order valence-electron chi connectivity index (χ3n) is 7.25. The maximum atomic E-state index is 13.4. The molecule has 6 nitrogen and oxygen atoms in total. The molecule has 0 radical (unpaired) electrons. The number of carbonyl (C=O) groups excluding carboxylic acids is 2. The fraction of sp³-hybridized carbons (Fsp3) is 0.250. The third-order valence-corrected chi connectivity index (χ3v) is 8.89. The Labute approximate surface area is 257 Å². The van der Waals surface area contributed by atoms with Gasteiger partial charge in [0.1, 0.15) is 17.7 Å². The zero-order chi connectivity index (χ0) is 30.0. The smallest absolute Gasteiger partial charge is 0.412 e. The highest BCUT2D eigenvalue weighted by atomic mass is 35.5. The maximum Gasteiger partial charge on any atom is 0.412 e. The highest BCUT2D eigenvalue weighted by Gasteiger charge is 2.53. The van der Waals surface area contributed by atoms with Crippen molar-refractivity contribution in [1.29, 1.82) is 0 Å². The number of halogens is 3. The molecule has 0 aliphatic heterocycles. The van der Waals surface area contributed by atoms with Gasteiger partial charge in [0.15, 0.2) is 0 Å². The summed E-state index contributed by atoms with van der Waals surface area (Å²) in [5, 5.41) is 2.93. The van der Waals surface area contributed by atoms with Crippen molar-refractivity contribution in [2.75, 3.05) is 19.0 Å². The number of amides is 1. The molecule has 10 heteroatoms. The Hall–Kier alpha value is -3.59. The molecule has 0 spiro atoms. The van der Waals surface area contributed by atoms with Gasteiger partial charge in [-0.1, -0.05) is 65.7 Å². The van der Waals surface area contributed by atoms with Crippen LogP contribution in [0.4, 0.5) is 14.9 Å². The van der Waals surface area contributed by atoms with Crippen LogP contribution in [0.3, 0.4) is 0 Å². The van der Waals surface area contributed by atoms with E-state index in [4.69, 9.17) is 37.4 Å². The molecule has 1 amide bonds. The fourth-order valence-corrected chi connectivity index (χ4v) is 6.40. The van der Waals surface area contributed by atoms with Crippen LogP contribution in [0, 0.1) is 5.82 Å². The predicted octanol–water partition coefficient (Wildman–Crippen LogP) is 9.44. The normalized spacial score (nSPS) is 14.1. The van der Waals surface area contributed by atoms with E-state index in [0.717, 1.165) is 40.0 Å². The zero-order valence-corrected chi connectivity index (χ0v) is 25.5. The lowest BCUT2D eigenvalue weighted by atomic mass is 9.92. The molecule has 3 aromatic carbocycles. The molecule has 1 heterocycles. The number of benzene rings is 3. The highest BCUT2D eigenvalue weighted by Crippen LogP contribution is 2.51. The van der Waals surface area contributed by atoms with Gasteiger partial charge in [-0.2, -0.15) is 0 Å². The molecular formula is C32H28Cl2FNO5S. The monoisotopic (exact) mass is 627 g/mol. The quantitative estimate of drug-likeness (QED) is 0.187. The molecule has 0 unspecified atom stereocenters. The van der Waals surface area contributed by atoms with E-state index in [1.165, 1.54) is 29.5 Å². The minimum Gasteiger partial charge on any atom is -0.496 e. The van der Waals surface area contributed by atoms with E-state index in [-0.39, 0.29) is 11.0 Å².